The van der Waals surface area contributed by atoms with Crippen molar-refractivity contribution in [1.29, 1.82) is 0 Å². The lowest BCUT2D eigenvalue weighted by molar-refractivity contribution is 0.174. The molecule has 0 N–H and O–H groups in total. The van der Waals surface area contributed by atoms with Gasteiger partial charge in [0.15, 0.2) is 11.5 Å². The molecule has 2 aromatic carbocycles. The molecule has 4 heterocycles. The molecule has 4 aliphatic heterocycles. The third-order valence-corrected chi connectivity index (χ3v) is 8.56. The van der Waals surface area contributed by atoms with Gasteiger partial charge in [-0.05, 0) is 54.8 Å². The summed E-state index contributed by atoms with van der Waals surface area (Å²) in [5.74, 6) is 2.37. The van der Waals surface area contributed by atoms with Gasteiger partial charge in [0.2, 0.25) is 10.6 Å². The maximum Gasteiger partial charge on any atom is 0.231 e. The van der Waals surface area contributed by atoms with Crippen LogP contribution in [0, 0.1) is 0 Å². The summed E-state index contributed by atoms with van der Waals surface area (Å²) in [4.78, 5) is 7.21. The lowest BCUT2D eigenvalue weighted by Gasteiger charge is -2.47. The van der Waals surface area contributed by atoms with Crippen LogP contribution < -0.4 is 19.1 Å². The molecule has 6 nitrogen and oxygen atoms in total. The predicted molar refractivity (Wildman–Crippen MR) is 150 cm³/mol. The topological polar surface area (TPSA) is 37.4 Å². The molecule has 0 aliphatic carbocycles. The molecule has 1 fully saturated rings. The number of hydrogen-bond donors (Lipinski definition) is 0. The lowest BCUT2D eigenvalue weighted by atomic mass is 9.85. The lowest BCUT2D eigenvalue weighted by Crippen LogP contribution is -2.48. The quantitative estimate of drug-likeness (QED) is 0.407. The second-order valence-corrected chi connectivity index (χ2v) is 12.5. The van der Waals surface area contributed by atoms with E-state index in [0.717, 1.165) is 91.0 Å². The van der Waals surface area contributed by atoms with Gasteiger partial charge in [0, 0.05) is 49.5 Å². The first-order chi connectivity index (χ1) is 17.9. The zero-order chi connectivity index (χ0) is 25.7. The van der Waals surface area contributed by atoms with Gasteiger partial charge >= 0.3 is 0 Å². The number of methoxy groups -OCH3 is 1. The Hall–Kier alpha value is -1.99. The van der Waals surface area contributed by atoms with Crippen LogP contribution in [0.4, 0.5) is 5.69 Å². The number of rotatable bonds is 5. The van der Waals surface area contributed by atoms with E-state index in [1.807, 2.05) is 6.07 Å². The van der Waals surface area contributed by atoms with Crippen molar-refractivity contribution in [3.05, 3.63) is 46.5 Å². The first-order valence-electron chi connectivity index (χ1n) is 13.0. The van der Waals surface area contributed by atoms with Gasteiger partial charge in [0.1, 0.15) is 11.8 Å². The van der Waals surface area contributed by atoms with E-state index in [0.29, 0.717) is 0 Å². The van der Waals surface area contributed by atoms with Crippen LogP contribution in [0.15, 0.2) is 24.3 Å². The maximum absolute atomic E-state index is 6.82. The van der Waals surface area contributed by atoms with Crippen LogP contribution in [-0.2, 0) is 6.42 Å². The molecule has 0 saturated carbocycles. The third kappa shape index (κ3) is 4.50. The normalized spacial score (nSPS) is 20.8. The Morgan fingerprint density at radius 1 is 1.03 bits per heavy atom. The van der Waals surface area contributed by atoms with Crippen LogP contribution in [0.25, 0.3) is 11.8 Å². The average Bonchev–Trinajstić information content (AvgIpc) is 3.36. The molecule has 6 rings (SSSR count). The van der Waals surface area contributed by atoms with E-state index in [-0.39, 0.29) is 6.79 Å². The van der Waals surface area contributed by atoms with Gasteiger partial charge in [-0.15, -0.1) is 0 Å². The van der Waals surface area contributed by atoms with Crippen molar-refractivity contribution in [2.45, 2.75) is 36.0 Å². The fourth-order valence-corrected chi connectivity index (χ4v) is 6.78. The van der Waals surface area contributed by atoms with Crippen molar-refractivity contribution in [2.24, 2.45) is 0 Å². The SMILES string of the molecule is CCCCN1CCN(c2c(OC)ccc3c2C(C(Cl)(Cl)Cl)N2CCc4cc5c(cc4C2=C3)OCO5)CC1. The molecule has 37 heavy (non-hydrogen) atoms. The first-order valence-corrected chi connectivity index (χ1v) is 14.2. The molecule has 2 aromatic rings. The van der Waals surface area contributed by atoms with Crippen LogP contribution >= 0.6 is 34.8 Å². The summed E-state index contributed by atoms with van der Waals surface area (Å²) in [6.45, 7) is 8.20. The number of fused-ring (bicyclic) bond motifs is 5. The fourth-order valence-electron chi connectivity index (χ4n) is 6.10. The summed E-state index contributed by atoms with van der Waals surface area (Å²) in [6.07, 6.45) is 5.48. The molecular formula is C28H32Cl3N3O3. The summed E-state index contributed by atoms with van der Waals surface area (Å²) >= 11 is 20.5. The standard InChI is InChI=1S/C28H32Cl3N3O3/c1-3-4-8-32-10-12-33(13-11-32)26-22(35-2)6-5-19-14-21-20-16-24-23(36-17-37-24)15-18(20)7-9-34(21)27(25(19)26)28(29,30)31/h5-6,14-16,27H,3-4,7-13,17H2,1-2H3. The Balaban J connectivity index is 1.46. The molecule has 0 spiro atoms. The number of ether oxygens (including phenoxy) is 3. The number of halogens is 3. The van der Waals surface area contributed by atoms with E-state index >= 15 is 0 Å². The number of benzene rings is 2. The number of nitrogens with zero attached hydrogens (tertiary/aromatic N) is 3. The Kier molecular flexibility index (Phi) is 6.81. The average molecular weight is 565 g/mol. The Labute approximate surface area is 233 Å². The first kappa shape index (κ1) is 25.3. The van der Waals surface area contributed by atoms with Crippen LogP contribution in [-0.4, -0.2) is 66.8 Å². The molecule has 0 bridgehead atoms. The molecule has 0 radical (unpaired) electrons. The minimum atomic E-state index is -1.55. The van der Waals surface area contributed by atoms with Gasteiger partial charge in [-0.25, -0.2) is 0 Å². The fraction of sp³-hybridized carbons (Fsp3) is 0.500. The zero-order valence-electron chi connectivity index (χ0n) is 21.2. The molecule has 9 heteroatoms. The Morgan fingerprint density at radius 3 is 2.49 bits per heavy atom. The van der Waals surface area contributed by atoms with E-state index in [4.69, 9.17) is 49.0 Å². The largest absolute Gasteiger partial charge is 0.495 e. The highest BCUT2D eigenvalue weighted by Gasteiger charge is 2.46. The van der Waals surface area contributed by atoms with Gasteiger partial charge in [-0.3, -0.25) is 4.90 Å². The summed E-state index contributed by atoms with van der Waals surface area (Å²) in [5.41, 5.74) is 6.48. The minimum Gasteiger partial charge on any atom is -0.495 e. The second kappa shape index (κ2) is 9.96. The molecule has 4 aliphatic rings. The Bertz CT molecular complexity index is 1220. The van der Waals surface area contributed by atoms with E-state index in [2.05, 4.69) is 45.9 Å². The zero-order valence-corrected chi connectivity index (χ0v) is 23.5. The molecule has 1 saturated heterocycles. The van der Waals surface area contributed by atoms with Gasteiger partial charge in [-0.2, -0.15) is 0 Å². The maximum atomic E-state index is 6.82. The van der Waals surface area contributed by atoms with Crippen molar-refractivity contribution in [2.75, 3.05) is 58.1 Å². The van der Waals surface area contributed by atoms with Crippen molar-refractivity contribution >= 4 is 52.3 Å². The van der Waals surface area contributed by atoms with E-state index in [1.165, 1.54) is 18.4 Å². The highest BCUT2D eigenvalue weighted by Crippen LogP contribution is 2.56. The summed E-state index contributed by atoms with van der Waals surface area (Å²) in [6, 6.07) is 7.82. The smallest absolute Gasteiger partial charge is 0.231 e. The number of alkyl halides is 3. The predicted octanol–water partition coefficient (Wildman–Crippen LogP) is 6.13. The monoisotopic (exact) mass is 563 g/mol. The molecule has 198 valence electrons. The van der Waals surface area contributed by atoms with Crippen LogP contribution in [0.2, 0.25) is 0 Å². The molecule has 0 amide bonds. The van der Waals surface area contributed by atoms with Crippen LogP contribution in [0.3, 0.4) is 0 Å². The van der Waals surface area contributed by atoms with Crippen molar-refractivity contribution in [3.63, 3.8) is 0 Å². The summed E-state index contributed by atoms with van der Waals surface area (Å²) in [5, 5.41) is 0. The number of piperazine rings is 1. The van der Waals surface area contributed by atoms with E-state index < -0.39 is 9.83 Å². The minimum absolute atomic E-state index is 0.245. The summed E-state index contributed by atoms with van der Waals surface area (Å²) < 4.78 is 15.7. The molecular weight excluding hydrogens is 533 g/mol. The second-order valence-electron chi connectivity index (χ2n) is 10.1. The highest BCUT2D eigenvalue weighted by atomic mass is 35.6. The van der Waals surface area contributed by atoms with Crippen molar-refractivity contribution < 1.29 is 14.2 Å². The van der Waals surface area contributed by atoms with Gasteiger partial charge in [-0.1, -0.05) is 54.2 Å². The van der Waals surface area contributed by atoms with Gasteiger partial charge < -0.3 is 24.0 Å². The molecule has 1 unspecified atom stereocenters. The molecule has 0 aromatic heterocycles. The Morgan fingerprint density at radius 2 is 1.78 bits per heavy atom. The highest BCUT2D eigenvalue weighted by molar-refractivity contribution is 6.68. The summed E-state index contributed by atoms with van der Waals surface area (Å²) in [7, 11) is 1.72. The van der Waals surface area contributed by atoms with Crippen molar-refractivity contribution in [1.82, 2.24) is 9.80 Å². The van der Waals surface area contributed by atoms with E-state index in [9.17, 15) is 0 Å². The third-order valence-electron chi connectivity index (χ3n) is 7.94. The van der Waals surface area contributed by atoms with Gasteiger partial charge in [0.25, 0.3) is 0 Å². The molecule has 1 atom stereocenters. The van der Waals surface area contributed by atoms with Crippen molar-refractivity contribution in [3.8, 4) is 17.2 Å². The number of unbranched alkanes of at least 4 members (excludes halogenated alkanes) is 1. The van der Waals surface area contributed by atoms with Crippen LogP contribution in [0.5, 0.6) is 17.2 Å². The van der Waals surface area contributed by atoms with Gasteiger partial charge in [0.05, 0.1) is 12.8 Å². The number of hydrogen-bond acceptors (Lipinski definition) is 6. The van der Waals surface area contributed by atoms with E-state index in [1.54, 1.807) is 7.11 Å². The number of anilines is 1. The van der Waals surface area contributed by atoms with Crippen LogP contribution in [0.1, 0.15) is 48.1 Å².